The Labute approximate surface area is 111 Å². The fraction of sp³-hybridized carbons (Fsp3) is 0.692. The summed E-state index contributed by atoms with van der Waals surface area (Å²) in [4.78, 5) is 25.8. The van der Waals surface area contributed by atoms with Gasteiger partial charge in [0.1, 0.15) is 0 Å². The molecule has 106 valence electrons. The van der Waals surface area contributed by atoms with Crippen LogP contribution < -0.4 is 11.2 Å². The van der Waals surface area contributed by atoms with Crippen LogP contribution in [0.25, 0.3) is 0 Å². The largest absolute Gasteiger partial charge is 0.396 e. The molecule has 2 atom stereocenters. The van der Waals surface area contributed by atoms with E-state index >= 15 is 0 Å². The summed E-state index contributed by atoms with van der Waals surface area (Å²) in [6.45, 7) is 2.64. The maximum Gasteiger partial charge on any atom is 0.328 e. The third kappa shape index (κ3) is 3.13. The van der Waals surface area contributed by atoms with Gasteiger partial charge in [-0.3, -0.25) is 9.78 Å². The van der Waals surface area contributed by atoms with Crippen molar-refractivity contribution in [2.45, 2.75) is 51.4 Å². The zero-order valence-electron chi connectivity index (χ0n) is 11.1. The zero-order chi connectivity index (χ0) is 13.8. The van der Waals surface area contributed by atoms with Gasteiger partial charge < -0.3 is 14.4 Å². The van der Waals surface area contributed by atoms with E-state index in [1.165, 1.54) is 4.57 Å². The van der Waals surface area contributed by atoms with Gasteiger partial charge >= 0.3 is 5.69 Å². The van der Waals surface area contributed by atoms with Crippen molar-refractivity contribution in [3.8, 4) is 0 Å². The SMILES string of the molecule is CCCn1cc(C2CCC(CCO)O2)c(=O)[nH]c1=O. The minimum atomic E-state index is -0.375. The normalized spacial score (nSPS) is 22.8. The summed E-state index contributed by atoms with van der Waals surface area (Å²) in [6.07, 6.45) is 4.32. The summed E-state index contributed by atoms with van der Waals surface area (Å²) >= 11 is 0. The van der Waals surface area contributed by atoms with Crippen LogP contribution in [0.5, 0.6) is 0 Å². The third-order valence-electron chi connectivity index (χ3n) is 3.41. The number of nitrogens with zero attached hydrogens (tertiary/aromatic N) is 1. The van der Waals surface area contributed by atoms with E-state index in [-0.39, 0.29) is 30.1 Å². The van der Waals surface area contributed by atoms with E-state index in [4.69, 9.17) is 9.84 Å². The molecule has 1 saturated heterocycles. The molecule has 0 aliphatic carbocycles. The molecular formula is C13H20N2O4. The lowest BCUT2D eigenvalue weighted by atomic mass is 10.1. The minimum Gasteiger partial charge on any atom is -0.396 e. The number of hydrogen-bond donors (Lipinski definition) is 2. The summed E-state index contributed by atoms with van der Waals surface area (Å²) in [5.74, 6) is 0. The highest BCUT2D eigenvalue weighted by atomic mass is 16.5. The van der Waals surface area contributed by atoms with Gasteiger partial charge in [-0.1, -0.05) is 6.92 Å². The molecule has 0 radical (unpaired) electrons. The van der Waals surface area contributed by atoms with Crippen LogP contribution in [0.2, 0.25) is 0 Å². The van der Waals surface area contributed by atoms with Gasteiger partial charge in [-0.15, -0.1) is 0 Å². The van der Waals surface area contributed by atoms with Crippen LogP contribution in [0.3, 0.4) is 0 Å². The average molecular weight is 268 g/mol. The smallest absolute Gasteiger partial charge is 0.328 e. The molecule has 1 aromatic heterocycles. The standard InChI is InChI=1S/C13H20N2O4/c1-2-6-15-8-10(12(17)14-13(15)18)11-4-3-9(19-11)5-7-16/h8-9,11,16H,2-7H2,1H3,(H,14,17,18). The van der Waals surface area contributed by atoms with Crippen LogP contribution in [0.4, 0.5) is 0 Å². The number of ether oxygens (including phenoxy) is 1. The van der Waals surface area contributed by atoms with Crippen molar-refractivity contribution in [2.24, 2.45) is 0 Å². The van der Waals surface area contributed by atoms with Gasteiger partial charge in [0, 0.05) is 19.3 Å². The second-order valence-electron chi connectivity index (χ2n) is 4.87. The lowest BCUT2D eigenvalue weighted by molar-refractivity contribution is 0.0294. The highest BCUT2D eigenvalue weighted by molar-refractivity contribution is 5.10. The molecule has 6 heteroatoms. The number of aliphatic hydroxyl groups is 1. The van der Waals surface area contributed by atoms with Gasteiger partial charge in [-0.2, -0.15) is 0 Å². The molecule has 0 saturated carbocycles. The summed E-state index contributed by atoms with van der Waals surface area (Å²) in [5, 5.41) is 8.90. The molecule has 2 rings (SSSR count). The number of H-pyrrole nitrogens is 1. The van der Waals surface area contributed by atoms with Crippen molar-refractivity contribution >= 4 is 0 Å². The van der Waals surface area contributed by atoms with Crippen LogP contribution in [-0.2, 0) is 11.3 Å². The third-order valence-corrected chi connectivity index (χ3v) is 3.41. The summed E-state index contributed by atoms with van der Waals surface area (Å²) < 4.78 is 7.26. The Morgan fingerprint density at radius 1 is 1.47 bits per heavy atom. The summed E-state index contributed by atoms with van der Waals surface area (Å²) in [5.41, 5.74) is -0.235. The van der Waals surface area contributed by atoms with Crippen LogP contribution >= 0.6 is 0 Å². The van der Waals surface area contributed by atoms with Crippen LogP contribution in [0, 0.1) is 0 Å². The Bertz CT molecular complexity index is 534. The Morgan fingerprint density at radius 3 is 2.95 bits per heavy atom. The Hall–Kier alpha value is -1.40. The number of hydrogen-bond acceptors (Lipinski definition) is 4. The maximum atomic E-state index is 11.8. The Balaban J connectivity index is 2.23. The molecule has 1 fully saturated rings. The molecule has 0 spiro atoms. The van der Waals surface area contributed by atoms with Gasteiger partial charge in [0.25, 0.3) is 5.56 Å². The van der Waals surface area contributed by atoms with Gasteiger partial charge in [0.2, 0.25) is 0 Å². The first kappa shape index (κ1) is 14.0. The monoisotopic (exact) mass is 268 g/mol. The zero-order valence-corrected chi connectivity index (χ0v) is 11.1. The van der Waals surface area contributed by atoms with Crippen LogP contribution in [0.15, 0.2) is 15.8 Å². The predicted octanol–water partition coefficient (Wildman–Crippen LogP) is 0.549. The van der Waals surface area contributed by atoms with E-state index in [1.54, 1.807) is 6.20 Å². The molecular weight excluding hydrogens is 248 g/mol. The van der Waals surface area contributed by atoms with Crippen molar-refractivity contribution in [3.05, 3.63) is 32.6 Å². The molecule has 0 bridgehead atoms. The number of nitrogens with one attached hydrogen (secondary N) is 1. The number of aromatic nitrogens is 2. The van der Waals surface area contributed by atoms with Crippen LogP contribution in [-0.4, -0.2) is 27.4 Å². The summed E-state index contributed by atoms with van der Waals surface area (Å²) in [6, 6.07) is 0. The Kier molecular flexibility index (Phi) is 4.55. The topological polar surface area (TPSA) is 84.3 Å². The molecule has 1 aliphatic heterocycles. The first-order valence-corrected chi connectivity index (χ1v) is 6.75. The van der Waals surface area contributed by atoms with Crippen molar-refractivity contribution < 1.29 is 9.84 Å². The van der Waals surface area contributed by atoms with Crippen molar-refractivity contribution in [1.82, 2.24) is 9.55 Å². The molecule has 6 nitrogen and oxygen atoms in total. The fourth-order valence-electron chi connectivity index (χ4n) is 2.45. The second-order valence-corrected chi connectivity index (χ2v) is 4.87. The van der Waals surface area contributed by atoms with Crippen LogP contribution in [0.1, 0.15) is 44.3 Å². The van der Waals surface area contributed by atoms with E-state index in [0.29, 0.717) is 18.5 Å². The molecule has 19 heavy (non-hydrogen) atoms. The van der Waals surface area contributed by atoms with E-state index < -0.39 is 0 Å². The van der Waals surface area contributed by atoms with Crippen molar-refractivity contribution in [1.29, 1.82) is 0 Å². The van der Waals surface area contributed by atoms with Gasteiger partial charge in [-0.25, -0.2) is 4.79 Å². The minimum absolute atomic E-state index is 0.000883. The molecule has 0 amide bonds. The van der Waals surface area contributed by atoms with Gasteiger partial charge in [0.15, 0.2) is 0 Å². The van der Waals surface area contributed by atoms with Crippen molar-refractivity contribution in [3.63, 3.8) is 0 Å². The molecule has 1 aromatic rings. The van der Waals surface area contributed by atoms with E-state index in [1.807, 2.05) is 6.92 Å². The van der Waals surface area contributed by atoms with Gasteiger partial charge in [-0.05, 0) is 25.7 Å². The molecule has 0 aromatic carbocycles. The average Bonchev–Trinajstić information content (AvgIpc) is 2.82. The highest BCUT2D eigenvalue weighted by Gasteiger charge is 2.28. The lowest BCUT2D eigenvalue weighted by Crippen LogP contribution is -2.32. The van der Waals surface area contributed by atoms with Crippen molar-refractivity contribution in [2.75, 3.05) is 6.61 Å². The lowest BCUT2D eigenvalue weighted by Gasteiger charge is -2.13. The molecule has 2 N–H and O–H groups in total. The molecule has 1 aliphatic rings. The predicted molar refractivity (Wildman–Crippen MR) is 70.2 cm³/mol. The fourth-order valence-corrected chi connectivity index (χ4v) is 2.45. The first-order valence-electron chi connectivity index (χ1n) is 6.75. The first-order chi connectivity index (χ1) is 9.15. The maximum absolute atomic E-state index is 11.8. The Morgan fingerprint density at radius 2 is 2.26 bits per heavy atom. The molecule has 2 unspecified atom stereocenters. The second kappa shape index (κ2) is 6.16. The highest BCUT2D eigenvalue weighted by Crippen LogP contribution is 2.31. The quantitative estimate of drug-likeness (QED) is 0.816. The summed E-state index contributed by atoms with van der Waals surface area (Å²) in [7, 11) is 0. The van der Waals surface area contributed by atoms with E-state index in [2.05, 4.69) is 4.98 Å². The van der Waals surface area contributed by atoms with E-state index in [9.17, 15) is 9.59 Å². The van der Waals surface area contributed by atoms with E-state index in [0.717, 1.165) is 19.3 Å². The number of rotatable bonds is 5. The van der Waals surface area contributed by atoms with Gasteiger partial charge in [0.05, 0.1) is 17.8 Å². The number of aromatic amines is 1. The number of aliphatic hydroxyl groups excluding tert-OH is 1. The number of aryl methyl sites for hydroxylation is 1. The molecule has 2 heterocycles.